The minimum atomic E-state index is -0.602. The molecule has 5 rings (SSSR count). The highest BCUT2D eigenvalue weighted by molar-refractivity contribution is 5.86. The Labute approximate surface area is 206 Å². The Kier molecular flexibility index (Phi) is 6.70. The molecule has 0 saturated carbocycles. The van der Waals surface area contributed by atoms with E-state index >= 15 is 0 Å². The van der Waals surface area contributed by atoms with Crippen LogP contribution in [0.3, 0.4) is 0 Å². The van der Waals surface area contributed by atoms with Crippen molar-refractivity contribution in [3.63, 3.8) is 0 Å². The molecule has 2 amide bonds. The number of likely N-dealkylation sites (tertiary alicyclic amines) is 1. The zero-order chi connectivity index (χ0) is 24.4. The molecule has 1 atom stereocenters. The van der Waals surface area contributed by atoms with E-state index in [4.69, 9.17) is 14.2 Å². The van der Waals surface area contributed by atoms with Crippen molar-refractivity contribution in [2.24, 2.45) is 0 Å². The Hall–Kier alpha value is -3.42. The van der Waals surface area contributed by atoms with Crippen LogP contribution >= 0.6 is 0 Å². The number of fused-ring (bicyclic) bond motifs is 2. The highest BCUT2D eigenvalue weighted by atomic mass is 16.5. The van der Waals surface area contributed by atoms with Gasteiger partial charge in [-0.3, -0.25) is 9.59 Å². The monoisotopic (exact) mass is 479 g/mol. The van der Waals surface area contributed by atoms with Crippen LogP contribution in [0.2, 0.25) is 0 Å². The van der Waals surface area contributed by atoms with Crippen LogP contribution in [0.5, 0.6) is 17.2 Å². The number of hydrogen-bond donors (Lipinski definition) is 0. The third-order valence-electron chi connectivity index (χ3n) is 7.20. The quantitative estimate of drug-likeness (QED) is 0.657. The van der Waals surface area contributed by atoms with E-state index in [0.717, 1.165) is 50.0 Å². The van der Waals surface area contributed by atoms with E-state index in [9.17, 15) is 9.59 Å². The number of rotatable bonds is 5. The summed E-state index contributed by atoms with van der Waals surface area (Å²) in [5.41, 5.74) is 3.10. The lowest BCUT2D eigenvalue weighted by Gasteiger charge is -2.39. The van der Waals surface area contributed by atoms with Crippen molar-refractivity contribution in [2.75, 3.05) is 51.8 Å². The van der Waals surface area contributed by atoms with E-state index in [1.165, 1.54) is 5.56 Å². The van der Waals surface area contributed by atoms with Gasteiger partial charge >= 0.3 is 0 Å². The molecule has 3 aliphatic rings. The van der Waals surface area contributed by atoms with Crippen LogP contribution in [-0.2, 0) is 22.6 Å². The lowest BCUT2D eigenvalue weighted by atomic mass is 9.98. The Morgan fingerprint density at radius 3 is 2.40 bits per heavy atom. The van der Waals surface area contributed by atoms with Gasteiger partial charge in [0.2, 0.25) is 5.91 Å². The van der Waals surface area contributed by atoms with Crippen molar-refractivity contribution >= 4 is 17.5 Å². The van der Waals surface area contributed by atoms with Gasteiger partial charge < -0.3 is 28.9 Å². The van der Waals surface area contributed by atoms with Crippen LogP contribution in [-0.4, -0.2) is 74.7 Å². The second-order valence-corrected chi connectivity index (χ2v) is 9.38. The van der Waals surface area contributed by atoms with Gasteiger partial charge in [0.1, 0.15) is 5.75 Å². The molecule has 0 bridgehead atoms. The van der Waals surface area contributed by atoms with Gasteiger partial charge in [-0.1, -0.05) is 12.1 Å². The van der Waals surface area contributed by atoms with Gasteiger partial charge in [-0.05, 0) is 61.1 Å². The van der Waals surface area contributed by atoms with E-state index in [-0.39, 0.29) is 18.4 Å². The minimum Gasteiger partial charge on any atom is -0.493 e. The van der Waals surface area contributed by atoms with Gasteiger partial charge in [-0.15, -0.1) is 0 Å². The molecule has 3 heterocycles. The van der Waals surface area contributed by atoms with Gasteiger partial charge in [0, 0.05) is 26.2 Å². The Bertz CT molecular complexity index is 1100. The number of carbonyl (C=O) groups excluding carboxylic acids is 2. The fourth-order valence-electron chi connectivity index (χ4n) is 5.26. The van der Waals surface area contributed by atoms with Crippen LogP contribution in [0.25, 0.3) is 0 Å². The summed E-state index contributed by atoms with van der Waals surface area (Å²) in [5.74, 6) is 2.08. The third-order valence-corrected chi connectivity index (χ3v) is 7.20. The number of benzene rings is 2. The first-order valence-electron chi connectivity index (χ1n) is 12.4. The first kappa shape index (κ1) is 23.3. The van der Waals surface area contributed by atoms with Gasteiger partial charge in [-0.25, -0.2) is 0 Å². The number of nitrogens with zero attached hydrogens (tertiary/aromatic N) is 3. The first-order chi connectivity index (χ1) is 17.1. The molecule has 3 aliphatic heterocycles. The van der Waals surface area contributed by atoms with Crippen molar-refractivity contribution in [3.05, 3.63) is 47.5 Å². The van der Waals surface area contributed by atoms with Gasteiger partial charge in [0.25, 0.3) is 5.91 Å². The second-order valence-electron chi connectivity index (χ2n) is 9.38. The Balaban J connectivity index is 1.31. The lowest BCUT2D eigenvalue weighted by molar-refractivity contribution is -0.140. The van der Waals surface area contributed by atoms with E-state index in [0.29, 0.717) is 36.9 Å². The zero-order valence-corrected chi connectivity index (χ0v) is 20.5. The molecular formula is C27H33N3O5. The molecule has 186 valence electrons. The molecule has 2 aromatic carbocycles. The fraction of sp³-hybridized carbons (Fsp3) is 0.481. The summed E-state index contributed by atoms with van der Waals surface area (Å²) in [5, 5.41) is 0. The Morgan fingerprint density at radius 1 is 0.943 bits per heavy atom. The average Bonchev–Trinajstić information content (AvgIpc) is 2.91. The maximum absolute atomic E-state index is 13.4. The largest absolute Gasteiger partial charge is 0.493 e. The van der Waals surface area contributed by atoms with E-state index in [2.05, 4.69) is 0 Å². The average molecular weight is 480 g/mol. The van der Waals surface area contributed by atoms with Crippen molar-refractivity contribution in [3.8, 4) is 17.2 Å². The number of hydrogen-bond acceptors (Lipinski definition) is 6. The summed E-state index contributed by atoms with van der Waals surface area (Å²) in [4.78, 5) is 32.4. The van der Waals surface area contributed by atoms with Crippen LogP contribution in [0, 0.1) is 0 Å². The predicted octanol–water partition coefficient (Wildman–Crippen LogP) is 2.87. The third kappa shape index (κ3) is 4.74. The van der Waals surface area contributed by atoms with E-state index in [1.54, 1.807) is 14.2 Å². The Morgan fingerprint density at radius 2 is 1.66 bits per heavy atom. The topological polar surface area (TPSA) is 71.6 Å². The first-order valence-corrected chi connectivity index (χ1v) is 12.4. The number of carbonyl (C=O) groups is 2. The van der Waals surface area contributed by atoms with E-state index in [1.807, 2.05) is 51.1 Å². The van der Waals surface area contributed by atoms with Crippen molar-refractivity contribution in [1.82, 2.24) is 9.80 Å². The molecule has 0 aromatic heterocycles. The van der Waals surface area contributed by atoms with Crippen molar-refractivity contribution in [2.45, 2.75) is 38.3 Å². The van der Waals surface area contributed by atoms with Crippen LogP contribution < -0.4 is 19.1 Å². The number of para-hydroxylation sites is 2. The summed E-state index contributed by atoms with van der Waals surface area (Å²) in [6.45, 7) is 3.29. The highest BCUT2D eigenvalue weighted by Crippen LogP contribution is 2.35. The van der Waals surface area contributed by atoms with E-state index < -0.39 is 6.10 Å². The molecule has 0 aliphatic carbocycles. The highest BCUT2D eigenvalue weighted by Gasteiger charge is 2.35. The fourth-order valence-corrected chi connectivity index (χ4v) is 5.26. The number of ether oxygens (including phenoxy) is 3. The molecule has 2 aromatic rings. The molecule has 1 saturated heterocycles. The molecule has 0 spiro atoms. The van der Waals surface area contributed by atoms with Crippen LogP contribution in [0.15, 0.2) is 36.4 Å². The number of amides is 2. The molecule has 35 heavy (non-hydrogen) atoms. The predicted molar refractivity (Wildman–Crippen MR) is 132 cm³/mol. The summed E-state index contributed by atoms with van der Waals surface area (Å²) in [6, 6.07) is 11.6. The molecule has 8 nitrogen and oxygen atoms in total. The maximum Gasteiger partial charge on any atom is 0.265 e. The zero-order valence-electron chi connectivity index (χ0n) is 20.5. The summed E-state index contributed by atoms with van der Waals surface area (Å²) < 4.78 is 17.0. The smallest absolute Gasteiger partial charge is 0.265 e. The van der Waals surface area contributed by atoms with Gasteiger partial charge in [-0.2, -0.15) is 0 Å². The van der Waals surface area contributed by atoms with Crippen molar-refractivity contribution < 1.29 is 23.8 Å². The number of piperidine rings is 1. The van der Waals surface area contributed by atoms with Crippen LogP contribution in [0.4, 0.5) is 5.69 Å². The summed E-state index contributed by atoms with van der Waals surface area (Å²) in [6.07, 6.45) is 3.39. The molecule has 8 heteroatoms. The van der Waals surface area contributed by atoms with Crippen LogP contribution in [0.1, 0.15) is 30.4 Å². The normalized spacial score (nSPS) is 19.4. The van der Waals surface area contributed by atoms with Gasteiger partial charge in [0.15, 0.2) is 17.6 Å². The molecule has 1 fully saturated rings. The minimum absolute atomic E-state index is 0.0181. The molecular weight excluding hydrogens is 446 g/mol. The summed E-state index contributed by atoms with van der Waals surface area (Å²) >= 11 is 0. The SMILES string of the molecule is COc1cc2c(cc1OC)CN(C(=O)CN1CC(C(=O)N3CCCCC3)Oc3ccccc31)CC2. The maximum atomic E-state index is 13.4. The molecule has 0 radical (unpaired) electrons. The molecule has 1 unspecified atom stereocenters. The van der Waals surface area contributed by atoms with Crippen molar-refractivity contribution in [1.29, 1.82) is 0 Å². The summed E-state index contributed by atoms with van der Waals surface area (Å²) in [7, 11) is 3.25. The van der Waals surface area contributed by atoms with Gasteiger partial charge in [0.05, 0.1) is 33.0 Å². The molecule has 0 N–H and O–H groups in total. The second kappa shape index (κ2) is 10.1. The number of anilines is 1. The number of methoxy groups -OCH3 is 2. The lowest BCUT2D eigenvalue weighted by Crippen LogP contribution is -2.53. The standard InChI is InChI=1S/C27H33N3O5/c1-33-23-14-19-10-13-29(16-20(19)15-24(23)34-2)26(31)18-30-17-25(27(32)28-11-6-3-7-12-28)35-22-9-5-4-8-21(22)30/h4-5,8-9,14-15,25H,3,6-7,10-13,16-18H2,1-2H3.